The molecule has 0 bridgehead atoms. The van der Waals surface area contributed by atoms with Crippen molar-refractivity contribution in [3.63, 3.8) is 0 Å². The Bertz CT molecular complexity index is 923. The van der Waals surface area contributed by atoms with Crippen molar-refractivity contribution in [3.05, 3.63) is 53.6 Å². The molecule has 0 aromatic heterocycles. The standard InChI is InChI=1S/C21H21NO7/c1-25-16-6-4-15(18(10-16)26-2)5-8-21(24)27-12-20(23)22-11-14-3-7-17-19(9-14)29-13-28-17/h3-10H,11-13H2,1-2H3,(H,22,23)/b8-5+. The average Bonchev–Trinajstić information content (AvgIpc) is 3.22. The Hall–Kier alpha value is -3.68. The number of benzene rings is 2. The predicted molar refractivity (Wildman–Crippen MR) is 104 cm³/mol. The van der Waals surface area contributed by atoms with Crippen LogP contribution in [0.1, 0.15) is 11.1 Å². The van der Waals surface area contributed by atoms with Crippen LogP contribution in [0, 0.1) is 0 Å². The van der Waals surface area contributed by atoms with E-state index in [0.29, 0.717) is 28.6 Å². The molecule has 0 spiro atoms. The largest absolute Gasteiger partial charge is 0.497 e. The van der Waals surface area contributed by atoms with E-state index in [-0.39, 0.29) is 19.9 Å². The molecule has 0 radical (unpaired) electrons. The first-order valence-electron chi connectivity index (χ1n) is 8.81. The number of carbonyl (C=O) groups is 2. The van der Waals surface area contributed by atoms with Crippen LogP contribution in [-0.4, -0.2) is 39.5 Å². The van der Waals surface area contributed by atoms with Crippen molar-refractivity contribution in [3.8, 4) is 23.0 Å². The van der Waals surface area contributed by atoms with Crippen LogP contribution in [0.3, 0.4) is 0 Å². The maximum absolute atomic E-state index is 11.9. The summed E-state index contributed by atoms with van der Waals surface area (Å²) in [6.45, 7) is 0.0936. The molecule has 0 fully saturated rings. The van der Waals surface area contributed by atoms with Gasteiger partial charge in [0.1, 0.15) is 11.5 Å². The van der Waals surface area contributed by atoms with E-state index in [2.05, 4.69) is 5.32 Å². The molecule has 1 heterocycles. The van der Waals surface area contributed by atoms with Gasteiger partial charge in [-0.2, -0.15) is 0 Å². The van der Waals surface area contributed by atoms with Gasteiger partial charge in [0.05, 0.1) is 14.2 Å². The zero-order valence-corrected chi connectivity index (χ0v) is 16.1. The van der Waals surface area contributed by atoms with E-state index in [0.717, 1.165) is 5.56 Å². The molecule has 8 heteroatoms. The summed E-state index contributed by atoms with van der Waals surface area (Å²) in [6.07, 6.45) is 2.78. The first-order chi connectivity index (χ1) is 14.1. The van der Waals surface area contributed by atoms with Gasteiger partial charge in [-0.05, 0) is 35.9 Å². The molecule has 0 saturated heterocycles. The maximum Gasteiger partial charge on any atom is 0.331 e. The van der Waals surface area contributed by atoms with Crippen LogP contribution < -0.4 is 24.3 Å². The van der Waals surface area contributed by atoms with Gasteiger partial charge in [-0.1, -0.05) is 6.07 Å². The van der Waals surface area contributed by atoms with E-state index in [4.69, 9.17) is 23.7 Å². The lowest BCUT2D eigenvalue weighted by atomic mass is 10.2. The van der Waals surface area contributed by atoms with Crippen molar-refractivity contribution in [2.24, 2.45) is 0 Å². The van der Waals surface area contributed by atoms with Crippen LogP contribution in [0.5, 0.6) is 23.0 Å². The lowest BCUT2D eigenvalue weighted by Crippen LogP contribution is -2.28. The normalized spacial score (nSPS) is 11.9. The molecule has 152 valence electrons. The molecular weight excluding hydrogens is 378 g/mol. The minimum Gasteiger partial charge on any atom is -0.497 e. The van der Waals surface area contributed by atoms with E-state index in [1.165, 1.54) is 13.2 Å². The monoisotopic (exact) mass is 399 g/mol. The van der Waals surface area contributed by atoms with E-state index >= 15 is 0 Å². The van der Waals surface area contributed by atoms with Gasteiger partial charge in [-0.25, -0.2) is 4.79 Å². The zero-order valence-electron chi connectivity index (χ0n) is 16.1. The van der Waals surface area contributed by atoms with Gasteiger partial charge in [0, 0.05) is 24.3 Å². The molecule has 1 aliphatic heterocycles. The molecule has 1 amide bonds. The molecule has 0 saturated carbocycles. The van der Waals surface area contributed by atoms with Crippen molar-refractivity contribution in [1.29, 1.82) is 0 Å². The van der Waals surface area contributed by atoms with Gasteiger partial charge >= 0.3 is 5.97 Å². The van der Waals surface area contributed by atoms with E-state index in [1.807, 2.05) is 6.07 Å². The number of nitrogens with one attached hydrogen (secondary N) is 1. The van der Waals surface area contributed by atoms with Gasteiger partial charge in [-0.3, -0.25) is 4.79 Å². The second-order valence-electron chi connectivity index (χ2n) is 6.01. The van der Waals surface area contributed by atoms with Gasteiger partial charge < -0.3 is 29.0 Å². The lowest BCUT2D eigenvalue weighted by Gasteiger charge is -2.07. The van der Waals surface area contributed by atoms with Crippen LogP contribution in [0.15, 0.2) is 42.5 Å². The average molecular weight is 399 g/mol. The number of hydrogen-bond donors (Lipinski definition) is 1. The third kappa shape index (κ3) is 5.41. The van der Waals surface area contributed by atoms with Crippen LogP contribution in [0.25, 0.3) is 6.08 Å². The van der Waals surface area contributed by atoms with E-state index < -0.39 is 11.9 Å². The van der Waals surface area contributed by atoms with Crippen molar-refractivity contribution in [2.75, 3.05) is 27.6 Å². The summed E-state index contributed by atoms with van der Waals surface area (Å²) in [5, 5.41) is 2.68. The molecule has 0 atom stereocenters. The third-order valence-electron chi connectivity index (χ3n) is 4.11. The van der Waals surface area contributed by atoms with Crippen molar-refractivity contribution in [2.45, 2.75) is 6.54 Å². The smallest absolute Gasteiger partial charge is 0.331 e. The summed E-state index contributed by atoms with van der Waals surface area (Å²) < 4.78 is 25.9. The summed E-state index contributed by atoms with van der Waals surface area (Å²) in [4.78, 5) is 23.8. The minimum atomic E-state index is -0.638. The molecule has 29 heavy (non-hydrogen) atoms. The quantitative estimate of drug-likeness (QED) is 0.538. The Morgan fingerprint density at radius 1 is 1.07 bits per heavy atom. The van der Waals surface area contributed by atoms with Crippen molar-refractivity contribution in [1.82, 2.24) is 5.32 Å². The highest BCUT2D eigenvalue weighted by molar-refractivity contribution is 5.89. The molecular formula is C21H21NO7. The summed E-state index contributed by atoms with van der Waals surface area (Å²) in [5.74, 6) is 1.46. The van der Waals surface area contributed by atoms with Crippen LogP contribution in [0.2, 0.25) is 0 Å². The number of methoxy groups -OCH3 is 2. The van der Waals surface area contributed by atoms with Crippen LogP contribution in [-0.2, 0) is 20.9 Å². The fraction of sp³-hybridized carbons (Fsp3) is 0.238. The first-order valence-corrected chi connectivity index (χ1v) is 8.81. The van der Waals surface area contributed by atoms with Gasteiger partial charge in [-0.15, -0.1) is 0 Å². The van der Waals surface area contributed by atoms with Gasteiger partial charge in [0.2, 0.25) is 6.79 Å². The Morgan fingerprint density at radius 2 is 1.90 bits per heavy atom. The number of hydrogen-bond acceptors (Lipinski definition) is 7. The summed E-state index contributed by atoms with van der Waals surface area (Å²) in [5.41, 5.74) is 1.53. The fourth-order valence-corrected chi connectivity index (χ4v) is 2.60. The number of carbonyl (C=O) groups excluding carboxylic acids is 2. The Kier molecular flexibility index (Phi) is 6.57. The third-order valence-corrected chi connectivity index (χ3v) is 4.11. The van der Waals surface area contributed by atoms with Crippen molar-refractivity contribution < 1.29 is 33.3 Å². The molecule has 1 N–H and O–H groups in total. The fourth-order valence-electron chi connectivity index (χ4n) is 2.60. The Balaban J connectivity index is 1.45. The first kappa shape index (κ1) is 20.1. The zero-order chi connectivity index (χ0) is 20.6. The Morgan fingerprint density at radius 3 is 2.69 bits per heavy atom. The van der Waals surface area contributed by atoms with Crippen LogP contribution >= 0.6 is 0 Å². The molecule has 8 nitrogen and oxygen atoms in total. The summed E-state index contributed by atoms with van der Waals surface area (Å²) in [6, 6.07) is 10.6. The minimum absolute atomic E-state index is 0.191. The number of rotatable bonds is 8. The second kappa shape index (κ2) is 9.50. The lowest BCUT2D eigenvalue weighted by molar-refractivity contribution is -0.143. The summed E-state index contributed by atoms with van der Waals surface area (Å²) in [7, 11) is 3.08. The number of ether oxygens (including phenoxy) is 5. The summed E-state index contributed by atoms with van der Waals surface area (Å²) >= 11 is 0. The SMILES string of the molecule is COc1ccc(/C=C/C(=O)OCC(=O)NCc2ccc3c(c2)OCO3)c(OC)c1. The Labute approximate surface area is 168 Å². The molecule has 2 aromatic rings. The second-order valence-corrected chi connectivity index (χ2v) is 6.01. The molecule has 3 rings (SSSR count). The molecule has 0 unspecified atom stereocenters. The predicted octanol–water partition coefficient (Wildman–Crippen LogP) is 2.31. The van der Waals surface area contributed by atoms with E-state index in [9.17, 15) is 9.59 Å². The number of fused-ring (bicyclic) bond motifs is 1. The molecule has 2 aromatic carbocycles. The highest BCUT2D eigenvalue weighted by Gasteiger charge is 2.13. The highest BCUT2D eigenvalue weighted by atomic mass is 16.7. The number of esters is 1. The molecule has 0 aliphatic carbocycles. The maximum atomic E-state index is 11.9. The van der Waals surface area contributed by atoms with E-state index in [1.54, 1.807) is 43.5 Å². The van der Waals surface area contributed by atoms with Gasteiger partial charge in [0.25, 0.3) is 5.91 Å². The van der Waals surface area contributed by atoms with Crippen LogP contribution in [0.4, 0.5) is 0 Å². The topological polar surface area (TPSA) is 92.3 Å². The highest BCUT2D eigenvalue weighted by Crippen LogP contribution is 2.32. The van der Waals surface area contributed by atoms with Crippen molar-refractivity contribution >= 4 is 18.0 Å². The van der Waals surface area contributed by atoms with Gasteiger partial charge in [0.15, 0.2) is 18.1 Å². The molecule has 1 aliphatic rings. The number of amides is 1.